The average molecular weight is 343 g/mol. The summed E-state index contributed by atoms with van der Waals surface area (Å²) in [5, 5.41) is 2.12. The van der Waals surface area contributed by atoms with E-state index in [1.165, 1.54) is 10.9 Å². The third-order valence-electron chi connectivity index (χ3n) is 3.49. The van der Waals surface area contributed by atoms with Crippen LogP contribution < -0.4 is 0 Å². The largest absolute Gasteiger partial charge is 0.318 e. The molecule has 0 aliphatic heterocycles. The summed E-state index contributed by atoms with van der Waals surface area (Å²) in [5.74, 6) is 0.566. The number of rotatable bonds is 4. The highest BCUT2D eigenvalue weighted by Gasteiger charge is 2.21. The Hall–Kier alpha value is -1.10. The maximum atomic E-state index is 13.8. The minimum atomic E-state index is -0.438. The van der Waals surface area contributed by atoms with E-state index in [0.717, 1.165) is 17.8 Å². The molecule has 0 N–H and O–H groups in total. The molecule has 0 radical (unpaired) electrons. The van der Waals surface area contributed by atoms with Crippen LogP contribution in [0.3, 0.4) is 0 Å². The van der Waals surface area contributed by atoms with E-state index in [2.05, 4.69) is 18.0 Å². The number of hydrogen-bond acceptors (Lipinski definition) is 2. The molecule has 3 rings (SSSR count). The lowest BCUT2D eigenvalue weighted by molar-refractivity contribution is 0.571. The summed E-state index contributed by atoms with van der Waals surface area (Å²) in [6, 6.07) is 7.19. The van der Waals surface area contributed by atoms with Gasteiger partial charge in [0, 0.05) is 10.9 Å². The lowest BCUT2D eigenvalue weighted by atomic mass is 10.1. The monoisotopic (exact) mass is 342 g/mol. The molecule has 0 aliphatic carbocycles. The summed E-state index contributed by atoms with van der Waals surface area (Å²) in [6.45, 7) is 2.10. The predicted molar refractivity (Wildman–Crippen MR) is 87.0 cm³/mol. The molecular formula is C15H13Cl2FN2S. The van der Waals surface area contributed by atoms with Crippen LogP contribution >= 0.6 is 34.5 Å². The SMILES string of the molecule is CCC(c1cccs1)n1c(CCl)nc2cc(Cl)c(F)cc21. The van der Waals surface area contributed by atoms with E-state index >= 15 is 0 Å². The maximum Gasteiger partial charge on any atom is 0.144 e. The fraction of sp³-hybridized carbons (Fsp3) is 0.267. The van der Waals surface area contributed by atoms with E-state index in [-0.39, 0.29) is 16.9 Å². The Morgan fingerprint density at radius 3 is 2.86 bits per heavy atom. The summed E-state index contributed by atoms with van der Waals surface area (Å²) in [4.78, 5) is 5.70. The Morgan fingerprint density at radius 1 is 1.43 bits per heavy atom. The van der Waals surface area contributed by atoms with Crippen LogP contribution in [0.4, 0.5) is 4.39 Å². The van der Waals surface area contributed by atoms with Crippen molar-refractivity contribution >= 4 is 45.6 Å². The molecule has 2 heterocycles. The van der Waals surface area contributed by atoms with Crippen molar-refractivity contribution in [2.45, 2.75) is 25.3 Å². The number of hydrogen-bond donors (Lipinski definition) is 0. The van der Waals surface area contributed by atoms with Gasteiger partial charge < -0.3 is 4.57 Å². The molecule has 2 nitrogen and oxygen atoms in total. The van der Waals surface area contributed by atoms with Crippen molar-refractivity contribution in [2.24, 2.45) is 0 Å². The van der Waals surface area contributed by atoms with E-state index in [0.29, 0.717) is 5.52 Å². The summed E-state index contributed by atoms with van der Waals surface area (Å²) < 4.78 is 15.9. The number of nitrogens with zero attached hydrogens (tertiary/aromatic N) is 2. The summed E-state index contributed by atoms with van der Waals surface area (Å²) in [7, 11) is 0. The van der Waals surface area contributed by atoms with Crippen LogP contribution in [0.25, 0.3) is 11.0 Å². The van der Waals surface area contributed by atoms with Gasteiger partial charge in [-0.15, -0.1) is 22.9 Å². The van der Waals surface area contributed by atoms with Gasteiger partial charge in [0.2, 0.25) is 0 Å². The normalized spacial score (nSPS) is 13.0. The molecule has 1 atom stereocenters. The molecular weight excluding hydrogens is 330 g/mol. The third kappa shape index (κ3) is 2.56. The molecule has 0 fully saturated rings. The van der Waals surface area contributed by atoms with Crippen molar-refractivity contribution in [1.29, 1.82) is 0 Å². The van der Waals surface area contributed by atoms with Gasteiger partial charge in [-0.05, 0) is 23.9 Å². The average Bonchev–Trinajstić information content (AvgIpc) is 3.10. The van der Waals surface area contributed by atoms with Gasteiger partial charge >= 0.3 is 0 Å². The van der Waals surface area contributed by atoms with Crippen LogP contribution in [0.2, 0.25) is 5.02 Å². The number of halogens is 3. The zero-order valence-corrected chi connectivity index (χ0v) is 13.6. The molecule has 21 heavy (non-hydrogen) atoms. The highest BCUT2D eigenvalue weighted by atomic mass is 35.5. The van der Waals surface area contributed by atoms with Crippen molar-refractivity contribution in [3.63, 3.8) is 0 Å². The summed E-state index contributed by atoms with van der Waals surface area (Å²) in [6.07, 6.45) is 0.875. The minimum Gasteiger partial charge on any atom is -0.318 e. The van der Waals surface area contributed by atoms with E-state index in [1.54, 1.807) is 17.4 Å². The van der Waals surface area contributed by atoms with Crippen LogP contribution in [0, 0.1) is 5.82 Å². The second kappa shape index (κ2) is 5.95. The lowest BCUT2D eigenvalue weighted by Gasteiger charge is -2.18. The number of thiophene rings is 1. The Labute approximate surface area is 136 Å². The van der Waals surface area contributed by atoms with Crippen molar-refractivity contribution in [3.8, 4) is 0 Å². The molecule has 0 bridgehead atoms. The summed E-state index contributed by atoms with van der Waals surface area (Å²) in [5.41, 5.74) is 1.40. The molecule has 2 aromatic heterocycles. The second-order valence-corrected chi connectivity index (χ2v) is 6.38. The van der Waals surface area contributed by atoms with E-state index in [9.17, 15) is 4.39 Å². The predicted octanol–water partition coefficient (Wildman–Crippen LogP) is 5.63. The molecule has 0 amide bonds. The van der Waals surface area contributed by atoms with Gasteiger partial charge in [-0.3, -0.25) is 0 Å². The van der Waals surface area contributed by atoms with Gasteiger partial charge in [0.05, 0.1) is 28.0 Å². The fourth-order valence-electron chi connectivity index (χ4n) is 2.57. The van der Waals surface area contributed by atoms with Gasteiger partial charge in [0.1, 0.15) is 11.6 Å². The summed E-state index contributed by atoms with van der Waals surface area (Å²) >= 11 is 13.6. The Kier molecular flexibility index (Phi) is 4.20. The Balaban J connectivity index is 2.26. The number of aromatic nitrogens is 2. The number of fused-ring (bicyclic) bond motifs is 1. The van der Waals surface area contributed by atoms with Crippen LogP contribution in [0.1, 0.15) is 30.1 Å². The molecule has 3 aromatic rings. The van der Waals surface area contributed by atoms with E-state index in [4.69, 9.17) is 23.2 Å². The number of alkyl halides is 1. The molecule has 1 aromatic carbocycles. The van der Waals surface area contributed by atoms with Gasteiger partial charge in [0.25, 0.3) is 0 Å². The van der Waals surface area contributed by atoms with Gasteiger partial charge in [-0.1, -0.05) is 24.6 Å². The molecule has 1 unspecified atom stereocenters. The van der Waals surface area contributed by atoms with Crippen LogP contribution in [-0.4, -0.2) is 9.55 Å². The lowest BCUT2D eigenvalue weighted by Crippen LogP contribution is -2.11. The maximum absolute atomic E-state index is 13.8. The van der Waals surface area contributed by atoms with Gasteiger partial charge in [0.15, 0.2) is 0 Å². The molecule has 0 aliphatic rings. The molecule has 110 valence electrons. The minimum absolute atomic E-state index is 0.0810. The molecule has 0 spiro atoms. The standard InChI is InChI=1S/C15H13Cl2FN2S/c1-2-12(14-4-3-5-21-14)20-13-7-10(18)9(17)6-11(13)19-15(20)8-16/h3-7,12H,2,8H2,1H3. The molecule has 0 saturated carbocycles. The third-order valence-corrected chi connectivity index (χ3v) is 5.00. The first-order chi connectivity index (χ1) is 10.2. The van der Waals surface area contributed by atoms with E-state index < -0.39 is 5.82 Å². The van der Waals surface area contributed by atoms with E-state index in [1.807, 2.05) is 16.0 Å². The highest BCUT2D eigenvalue weighted by Crippen LogP contribution is 2.33. The topological polar surface area (TPSA) is 17.8 Å². The highest BCUT2D eigenvalue weighted by molar-refractivity contribution is 7.10. The molecule has 0 saturated heterocycles. The number of imidazole rings is 1. The first-order valence-electron chi connectivity index (χ1n) is 6.61. The number of benzene rings is 1. The van der Waals surface area contributed by atoms with Crippen molar-refractivity contribution in [2.75, 3.05) is 0 Å². The Bertz CT molecular complexity index is 768. The quantitative estimate of drug-likeness (QED) is 0.562. The van der Waals surface area contributed by atoms with Crippen molar-refractivity contribution in [3.05, 3.63) is 51.2 Å². The van der Waals surface area contributed by atoms with Crippen LogP contribution in [0.5, 0.6) is 0 Å². The first kappa shape index (κ1) is 14.8. The second-order valence-electron chi connectivity index (χ2n) is 4.73. The van der Waals surface area contributed by atoms with Crippen LogP contribution in [0.15, 0.2) is 29.6 Å². The van der Waals surface area contributed by atoms with Crippen molar-refractivity contribution in [1.82, 2.24) is 9.55 Å². The molecule has 6 heteroatoms. The van der Waals surface area contributed by atoms with Gasteiger partial charge in [-0.25, -0.2) is 9.37 Å². The zero-order valence-electron chi connectivity index (χ0n) is 11.3. The Morgan fingerprint density at radius 2 is 2.24 bits per heavy atom. The zero-order chi connectivity index (χ0) is 15.0. The van der Waals surface area contributed by atoms with Crippen molar-refractivity contribution < 1.29 is 4.39 Å². The van der Waals surface area contributed by atoms with Crippen LogP contribution in [-0.2, 0) is 5.88 Å². The smallest absolute Gasteiger partial charge is 0.144 e. The fourth-order valence-corrected chi connectivity index (χ4v) is 3.82. The van der Waals surface area contributed by atoms with Gasteiger partial charge in [-0.2, -0.15) is 0 Å². The first-order valence-corrected chi connectivity index (χ1v) is 8.40.